The molecule has 8 heteroatoms. The molecular formula is C25H34N4O4. The first-order valence-electron chi connectivity index (χ1n) is 12.4. The Balaban J connectivity index is 1.28. The molecule has 3 aliphatic heterocycles. The molecule has 4 aliphatic rings. The van der Waals surface area contributed by atoms with Crippen LogP contribution in [0.1, 0.15) is 44.9 Å². The minimum Gasteiger partial charge on any atom is -0.376 e. The fraction of sp³-hybridized carbons (Fsp3) is 0.640. The average Bonchev–Trinajstić information content (AvgIpc) is 3.41. The van der Waals surface area contributed by atoms with Gasteiger partial charge in [-0.05, 0) is 50.7 Å². The predicted molar refractivity (Wildman–Crippen MR) is 123 cm³/mol. The normalized spacial score (nSPS) is 24.9. The number of rotatable bonds is 6. The van der Waals surface area contributed by atoms with Gasteiger partial charge >= 0.3 is 0 Å². The summed E-state index contributed by atoms with van der Waals surface area (Å²) in [6.45, 7) is 2.84. The SMILES string of the molecule is O=C(CN1CN(c2ccccc2)C2(CCN(C(=O)C3CCC3)CC2)C1=O)NCC1CCCO1. The Morgan fingerprint density at radius 1 is 1.06 bits per heavy atom. The predicted octanol–water partition coefficient (Wildman–Crippen LogP) is 1.75. The standard InChI is InChI=1S/C25H34N4O4/c30-22(26-16-21-10-5-15-33-21)17-28-18-29(20-8-2-1-3-9-20)25(24(28)32)11-13-27(14-12-25)23(31)19-6-4-7-19/h1-3,8-9,19,21H,4-7,10-18H2,(H,26,30). The number of piperidine rings is 1. The van der Waals surface area contributed by atoms with Crippen LogP contribution in [-0.2, 0) is 19.1 Å². The Bertz CT molecular complexity index is 874. The van der Waals surface area contributed by atoms with Crippen molar-refractivity contribution in [2.75, 3.05) is 44.4 Å². The Kier molecular flexibility index (Phi) is 6.27. The zero-order chi connectivity index (χ0) is 22.8. The molecule has 178 valence electrons. The smallest absolute Gasteiger partial charge is 0.250 e. The number of para-hydroxylation sites is 1. The number of nitrogens with zero attached hydrogens (tertiary/aromatic N) is 3. The molecule has 3 heterocycles. The molecule has 1 saturated carbocycles. The van der Waals surface area contributed by atoms with E-state index in [0.29, 0.717) is 39.1 Å². The third-order valence-electron chi connectivity index (χ3n) is 7.82. The number of ether oxygens (including phenoxy) is 1. The number of anilines is 1. The number of amides is 3. The molecule has 33 heavy (non-hydrogen) atoms. The van der Waals surface area contributed by atoms with Crippen molar-refractivity contribution in [2.24, 2.45) is 5.92 Å². The van der Waals surface area contributed by atoms with Crippen molar-refractivity contribution in [1.29, 1.82) is 0 Å². The van der Waals surface area contributed by atoms with Crippen LogP contribution in [0.5, 0.6) is 0 Å². The van der Waals surface area contributed by atoms with Crippen LogP contribution in [0.25, 0.3) is 0 Å². The van der Waals surface area contributed by atoms with E-state index in [1.54, 1.807) is 4.90 Å². The van der Waals surface area contributed by atoms with Crippen LogP contribution >= 0.6 is 0 Å². The number of carbonyl (C=O) groups excluding carboxylic acids is 3. The molecule has 5 rings (SSSR count). The average molecular weight is 455 g/mol. The van der Waals surface area contributed by atoms with Crippen LogP contribution in [0.15, 0.2) is 30.3 Å². The second-order valence-electron chi connectivity index (χ2n) is 9.83. The van der Waals surface area contributed by atoms with Gasteiger partial charge in [0, 0.05) is 37.8 Å². The number of benzene rings is 1. The van der Waals surface area contributed by atoms with E-state index in [1.807, 2.05) is 35.2 Å². The minimum absolute atomic E-state index is 0.00522. The molecule has 1 unspecified atom stereocenters. The van der Waals surface area contributed by atoms with Gasteiger partial charge < -0.3 is 24.8 Å². The summed E-state index contributed by atoms with van der Waals surface area (Å²) in [5.74, 6) is 0.265. The van der Waals surface area contributed by atoms with E-state index in [9.17, 15) is 14.4 Å². The van der Waals surface area contributed by atoms with Gasteiger partial charge in [0.25, 0.3) is 5.91 Å². The number of likely N-dealkylation sites (tertiary alicyclic amines) is 1. The first kappa shape index (κ1) is 22.2. The highest BCUT2D eigenvalue weighted by Crippen LogP contribution is 2.40. The Morgan fingerprint density at radius 3 is 2.45 bits per heavy atom. The van der Waals surface area contributed by atoms with Crippen molar-refractivity contribution in [3.05, 3.63) is 30.3 Å². The third kappa shape index (κ3) is 4.33. The van der Waals surface area contributed by atoms with Crippen LogP contribution in [0.2, 0.25) is 0 Å². The van der Waals surface area contributed by atoms with E-state index in [1.165, 1.54) is 0 Å². The summed E-state index contributed by atoms with van der Waals surface area (Å²) in [5.41, 5.74) is 0.277. The molecule has 8 nitrogen and oxygen atoms in total. The van der Waals surface area contributed by atoms with Crippen LogP contribution in [0.4, 0.5) is 5.69 Å². The zero-order valence-electron chi connectivity index (χ0n) is 19.2. The Morgan fingerprint density at radius 2 is 1.82 bits per heavy atom. The first-order valence-corrected chi connectivity index (χ1v) is 12.4. The maximum Gasteiger partial charge on any atom is 0.250 e. The van der Waals surface area contributed by atoms with Gasteiger partial charge in [-0.2, -0.15) is 0 Å². The lowest BCUT2D eigenvalue weighted by Gasteiger charge is -2.44. The molecule has 0 radical (unpaired) electrons. The van der Waals surface area contributed by atoms with Crippen molar-refractivity contribution < 1.29 is 19.1 Å². The van der Waals surface area contributed by atoms with Gasteiger partial charge in [0.1, 0.15) is 12.1 Å². The highest BCUT2D eigenvalue weighted by atomic mass is 16.5. The van der Waals surface area contributed by atoms with Gasteiger partial charge in [0.15, 0.2) is 0 Å². The first-order chi connectivity index (χ1) is 16.1. The van der Waals surface area contributed by atoms with Crippen molar-refractivity contribution in [3.63, 3.8) is 0 Å². The Labute approximate surface area is 195 Å². The second kappa shape index (κ2) is 9.33. The number of carbonyl (C=O) groups is 3. The summed E-state index contributed by atoms with van der Waals surface area (Å²) in [6.07, 6.45) is 6.37. The van der Waals surface area contributed by atoms with E-state index in [4.69, 9.17) is 4.74 Å². The maximum absolute atomic E-state index is 13.7. The summed E-state index contributed by atoms with van der Waals surface area (Å²) < 4.78 is 5.58. The van der Waals surface area contributed by atoms with Gasteiger partial charge in [-0.25, -0.2) is 0 Å². The molecule has 1 atom stereocenters. The number of nitrogens with one attached hydrogen (secondary N) is 1. The van der Waals surface area contributed by atoms with E-state index >= 15 is 0 Å². The van der Waals surface area contributed by atoms with Gasteiger partial charge in [-0.1, -0.05) is 24.6 Å². The van der Waals surface area contributed by atoms with Crippen LogP contribution in [-0.4, -0.2) is 78.6 Å². The number of hydrogen-bond acceptors (Lipinski definition) is 5. The zero-order valence-corrected chi connectivity index (χ0v) is 19.2. The van der Waals surface area contributed by atoms with Crippen molar-refractivity contribution in [2.45, 2.75) is 56.6 Å². The quantitative estimate of drug-likeness (QED) is 0.708. The third-order valence-corrected chi connectivity index (χ3v) is 7.82. The molecule has 1 spiro atoms. The fourth-order valence-corrected chi connectivity index (χ4v) is 5.60. The molecular weight excluding hydrogens is 420 g/mol. The van der Waals surface area contributed by atoms with E-state index in [-0.39, 0.29) is 36.3 Å². The highest BCUT2D eigenvalue weighted by molar-refractivity contribution is 5.96. The number of hydrogen-bond donors (Lipinski definition) is 1. The van der Waals surface area contributed by atoms with Crippen LogP contribution in [0, 0.1) is 5.92 Å². The topological polar surface area (TPSA) is 82.2 Å². The molecule has 1 aliphatic carbocycles. The molecule has 0 aromatic heterocycles. The lowest BCUT2D eigenvalue weighted by Crippen LogP contribution is -2.58. The van der Waals surface area contributed by atoms with Gasteiger partial charge in [0.2, 0.25) is 11.8 Å². The molecule has 1 N–H and O–H groups in total. The summed E-state index contributed by atoms with van der Waals surface area (Å²) >= 11 is 0. The molecule has 3 saturated heterocycles. The van der Waals surface area contributed by atoms with Crippen molar-refractivity contribution in [1.82, 2.24) is 15.1 Å². The van der Waals surface area contributed by atoms with Gasteiger partial charge in [-0.15, -0.1) is 0 Å². The molecule has 0 bridgehead atoms. The van der Waals surface area contributed by atoms with Crippen LogP contribution in [0.3, 0.4) is 0 Å². The Hall–Kier alpha value is -2.61. The van der Waals surface area contributed by atoms with Gasteiger partial charge in [-0.3, -0.25) is 14.4 Å². The lowest BCUT2D eigenvalue weighted by atomic mass is 9.81. The summed E-state index contributed by atoms with van der Waals surface area (Å²) in [5, 5.41) is 2.94. The highest BCUT2D eigenvalue weighted by Gasteiger charge is 2.54. The lowest BCUT2D eigenvalue weighted by molar-refractivity contribution is -0.143. The monoisotopic (exact) mass is 454 g/mol. The van der Waals surface area contributed by atoms with Gasteiger partial charge in [0.05, 0.1) is 12.8 Å². The molecule has 3 amide bonds. The largest absolute Gasteiger partial charge is 0.376 e. The summed E-state index contributed by atoms with van der Waals surface area (Å²) in [7, 11) is 0. The summed E-state index contributed by atoms with van der Waals surface area (Å²) in [6, 6.07) is 9.94. The van der Waals surface area contributed by atoms with Crippen molar-refractivity contribution >= 4 is 23.4 Å². The summed E-state index contributed by atoms with van der Waals surface area (Å²) in [4.78, 5) is 44.9. The van der Waals surface area contributed by atoms with E-state index in [2.05, 4.69) is 10.2 Å². The fourth-order valence-electron chi connectivity index (χ4n) is 5.60. The van der Waals surface area contributed by atoms with E-state index in [0.717, 1.165) is 44.4 Å². The molecule has 1 aromatic carbocycles. The minimum atomic E-state index is -0.702. The molecule has 4 fully saturated rings. The second-order valence-corrected chi connectivity index (χ2v) is 9.83. The maximum atomic E-state index is 13.7. The molecule has 1 aromatic rings. The van der Waals surface area contributed by atoms with E-state index < -0.39 is 5.54 Å². The van der Waals surface area contributed by atoms with Crippen molar-refractivity contribution in [3.8, 4) is 0 Å². The van der Waals surface area contributed by atoms with Crippen LogP contribution < -0.4 is 10.2 Å².